The monoisotopic (exact) mass is 783 g/mol. The minimum atomic E-state index is -2.35. The van der Waals surface area contributed by atoms with Gasteiger partial charge in [-0.1, -0.05) is 157 Å². The number of unbranched alkanes of at least 4 members (excludes halogenated alkanes) is 3. The maximum atomic E-state index is 6.33. The van der Waals surface area contributed by atoms with Gasteiger partial charge in [-0.2, -0.15) is 0 Å². The highest BCUT2D eigenvalue weighted by atomic mass is 28.3. The molecular weight excluding hydrogens is 713 g/mol. The Kier molecular flexibility index (Phi) is 12.3. The molecule has 304 valence electrons. The van der Waals surface area contributed by atoms with Crippen molar-refractivity contribution in [2.75, 3.05) is 20.8 Å². The van der Waals surface area contributed by atoms with E-state index in [-0.39, 0.29) is 16.4 Å². The van der Waals surface area contributed by atoms with Crippen molar-refractivity contribution in [3.05, 3.63) is 117 Å². The molecule has 2 unspecified atom stereocenters. The fourth-order valence-electron chi connectivity index (χ4n) is 9.87. The Hall–Kier alpha value is -3.86. The molecule has 0 bridgehead atoms. The van der Waals surface area contributed by atoms with Crippen molar-refractivity contribution >= 4 is 20.2 Å². The second-order valence-corrected chi connectivity index (χ2v) is 24.9. The van der Waals surface area contributed by atoms with Gasteiger partial charge in [0.2, 0.25) is 0 Å². The summed E-state index contributed by atoms with van der Waals surface area (Å²) in [6, 6.07) is 28.8. The molecule has 57 heavy (non-hydrogen) atoms. The van der Waals surface area contributed by atoms with E-state index in [4.69, 9.17) is 14.2 Å². The summed E-state index contributed by atoms with van der Waals surface area (Å²) in [7, 11) is 1.36. The minimum absolute atomic E-state index is 0.0932. The topological polar surface area (TPSA) is 27.7 Å². The second kappa shape index (κ2) is 16.4. The largest absolute Gasteiger partial charge is 0.496 e. The summed E-state index contributed by atoms with van der Waals surface area (Å²) in [6.45, 7) is 28.5. The fourth-order valence-corrected chi connectivity index (χ4v) is 16.0. The lowest BCUT2D eigenvalue weighted by atomic mass is 9.86. The number of methoxy groups -OCH3 is 2. The van der Waals surface area contributed by atoms with Gasteiger partial charge in [0.05, 0.1) is 27.9 Å². The molecule has 0 saturated heterocycles. The number of hydrogen-bond acceptors (Lipinski definition) is 3. The van der Waals surface area contributed by atoms with E-state index in [2.05, 4.69) is 168 Å². The summed E-state index contributed by atoms with van der Waals surface area (Å²) in [5, 5.41) is 0. The van der Waals surface area contributed by atoms with Crippen LogP contribution in [0.3, 0.4) is 0 Å². The predicted molar refractivity (Wildman–Crippen MR) is 248 cm³/mol. The van der Waals surface area contributed by atoms with Crippen LogP contribution in [0.15, 0.2) is 83.9 Å². The number of hydrogen-bond donors (Lipinski definition) is 0. The zero-order valence-electron chi connectivity index (χ0n) is 37.7. The van der Waals surface area contributed by atoms with Crippen LogP contribution in [0, 0.1) is 0 Å². The molecule has 4 heteroatoms. The Labute approximate surface area is 347 Å². The molecule has 0 aromatic heterocycles. The minimum Gasteiger partial charge on any atom is -0.496 e. The van der Waals surface area contributed by atoms with E-state index in [0.717, 1.165) is 24.5 Å². The Morgan fingerprint density at radius 2 is 0.930 bits per heavy atom. The first kappa shape index (κ1) is 42.7. The van der Waals surface area contributed by atoms with Crippen LogP contribution in [-0.4, -0.2) is 34.5 Å². The average molecular weight is 783 g/mol. The zero-order chi connectivity index (χ0) is 41.5. The molecule has 0 spiro atoms. The number of rotatable bonds is 13. The van der Waals surface area contributed by atoms with Crippen molar-refractivity contribution in [1.82, 2.24) is 0 Å². The third-order valence-electron chi connectivity index (χ3n) is 12.8. The van der Waals surface area contributed by atoms with Crippen LogP contribution in [0.4, 0.5) is 0 Å². The first-order valence-electron chi connectivity index (χ1n) is 21.4. The maximum absolute atomic E-state index is 6.33. The maximum Gasteiger partial charge on any atom is 0.123 e. The molecule has 0 N–H and O–H groups in total. The van der Waals surface area contributed by atoms with Gasteiger partial charge in [-0.25, -0.2) is 0 Å². The van der Waals surface area contributed by atoms with Gasteiger partial charge in [-0.3, -0.25) is 0 Å². The highest BCUT2D eigenvalue weighted by molar-refractivity contribution is 6.83. The van der Waals surface area contributed by atoms with E-state index >= 15 is 0 Å². The average Bonchev–Trinajstić information content (AvgIpc) is 3.69. The van der Waals surface area contributed by atoms with Crippen molar-refractivity contribution in [2.45, 2.75) is 142 Å². The first-order chi connectivity index (χ1) is 26.8. The van der Waals surface area contributed by atoms with Gasteiger partial charge in [0.1, 0.15) is 11.5 Å². The summed E-state index contributed by atoms with van der Waals surface area (Å²) >= 11 is 0. The molecule has 0 heterocycles. The molecule has 4 aromatic rings. The quantitative estimate of drug-likeness (QED) is 0.0998. The molecule has 4 aromatic carbocycles. The van der Waals surface area contributed by atoms with E-state index in [1.165, 1.54) is 92.1 Å². The highest BCUT2D eigenvalue weighted by Gasteiger charge is 2.52. The van der Waals surface area contributed by atoms with Crippen molar-refractivity contribution in [1.29, 1.82) is 0 Å². The molecule has 3 nitrogen and oxygen atoms in total. The summed E-state index contributed by atoms with van der Waals surface area (Å²) in [4.78, 5) is 0. The third kappa shape index (κ3) is 8.79. The lowest BCUT2D eigenvalue weighted by molar-refractivity contribution is -0.00471. The molecular formula is C53H70O3Si. The van der Waals surface area contributed by atoms with Crippen molar-refractivity contribution in [3.63, 3.8) is 0 Å². The second-order valence-electron chi connectivity index (χ2n) is 20.2. The van der Waals surface area contributed by atoms with Crippen LogP contribution >= 0.6 is 0 Å². The molecule has 2 atom stereocenters. The van der Waals surface area contributed by atoms with Crippen LogP contribution in [0.1, 0.15) is 146 Å². The predicted octanol–water partition coefficient (Wildman–Crippen LogP) is 14.9. The molecule has 2 aliphatic carbocycles. The molecule has 0 aliphatic heterocycles. The smallest absolute Gasteiger partial charge is 0.123 e. The summed E-state index contributed by atoms with van der Waals surface area (Å²) in [6.07, 6.45) is 9.69. The van der Waals surface area contributed by atoms with Crippen molar-refractivity contribution < 1.29 is 14.2 Å². The normalized spacial score (nSPS) is 17.8. The molecule has 2 aliphatic rings. The Morgan fingerprint density at radius 1 is 0.526 bits per heavy atom. The van der Waals surface area contributed by atoms with E-state index in [0.29, 0.717) is 11.1 Å². The SMILES string of the molecule is COc1ccc(-c2ccc(C(C)(C)C)cc2)c2c1C([Si](C)(CCCCCCOC(C)(C)C)C1C(C)=Cc3c(-c4ccc(C(C)(C)C)cc4)ccc(OC)c31)C(C)=C2. The zero-order valence-corrected chi connectivity index (χ0v) is 38.7. The Morgan fingerprint density at radius 3 is 1.30 bits per heavy atom. The third-order valence-corrected chi connectivity index (χ3v) is 18.3. The van der Waals surface area contributed by atoms with Crippen LogP contribution in [0.2, 0.25) is 12.6 Å². The van der Waals surface area contributed by atoms with E-state index in [9.17, 15) is 0 Å². The fraction of sp³-hybridized carbons (Fsp3) is 0.472. The standard InChI is InChI=1S/C53H70O3Si/c1-35-33-43-41(37-19-23-39(24-20-37)51(3,4)5)27-29-45(54-12)47(43)49(35)57(14,32-18-16-15-17-31-56-53(9,10)11)50-36(2)34-44-42(28-30-46(55-13)48(44)50)38-21-25-40(26-22-38)52(6,7)8/h19-30,33-34,49-50H,15-18,31-32H2,1-14H3. The highest BCUT2D eigenvalue weighted by Crippen LogP contribution is 2.59. The molecule has 0 saturated carbocycles. The molecule has 6 rings (SSSR count). The van der Waals surface area contributed by atoms with Gasteiger partial charge in [0.25, 0.3) is 0 Å². The number of ether oxygens (including phenoxy) is 3. The molecule has 0 amide bonds. The van der Waals surface area contributed by atoms with Gasteiger partial charge in [-0.15, -0.1) is 0 Å². The summed E-state index contributed by atoms with van der Waals surface area (Å²) in [5.41, 5.74) is 16.9. The Bertz CT molecular complexity index is 1980. The first-order valence-corrected chi connectivity index (χ1v) is 24.3. The number of fused-ring (bicyclic) bond motifs is 2. The molecule has 0 radical (unpaired) electrons. The van der Waals surface area contributed by atoms with Crippen LogP contribution in [-0.2, 0) is 15.6 Å². The lowest BCUT2D eigenvalue weighted by Gasteiger charge is -2.43. The summed E-state index contributed by atoms with van der Waals surface area (Å²) < 4.78 is 18.8. The lowest BCUT2D eigenvalue weighted by Crippen LogP contribution is -2.45. The van der Waals surface area contributed by atoms with Gasteiger partial charge < -0.3 is 14.2 Å². The number of allylic oxidation sites excluding steroid dienone is 2. The van der Waals surface area contributed by atoms with Crippen LogP contribution in [0.25, 0.3) is 34.4 Å². The molecule has 0 fully saturated rings. The van der Waals surface area contributed by atoms with Crippen molar-refractivity contribution in [3.8, 4) is 33.8 Å². The Balaban J connectivity index is 1.47. The summed E-state index contributed by atoms with van der Waals surface area (Å²) in [5.74, 6) is 2.02. The van der Waals surface area contributed by atoms with E-state index in [1.54, 1.807) is 0 Å². The van der Waals surface area contributed by atoms with Gasteiger partial charge >= 0.3 is 0 Å². The van der Waals surface area contributed by atoms with Crippen molar-refractivity contribution in [2.24, 2.45) is 0 Å². The van der Waals surface area contributed by atoms with Crippen LogP contribution < -0.4 is 9.47 Å². The van der Waals surface area contributed by atoms with Gasteiger partial charge in [0.15, 0.2) is 0 Å². The van der Waals surface area contributed by atoms with Gasteiger partial charge in [-0.05, 0) is 109 Å². The van der Waals surface area contributed by atoms with E-state index < -0.39 is 8.07 Å². The van der Waals surface area contributed by atoms with E-state index in [1.807, 2.05) is 14.2 Å². The van der Waals surface area contributed by atoms with Crippen LogP contribution in [0.5, 0.6) is 11.5 Å². The van der Waals surface area contributed by atoms with Gasteiger partial charge in [0, 0.05) is 28.8 Å². The number of benzene rings is 4.